The molecule has 0 aliphatic rings. The summed E-state index contributed by atoms with van der Waals surface area (Å²) in [7, 11) is 1.45. The minimum atomic E-state index is -0.109. The topological polar surface area (TPSA) is 44.1 Å². The van der Waals surface area contributed by atoms with Crippen LogP contribution in [0, 0.1) is 0 Å². The highest BCUT2D eigenvalue weighted by atomic mass is 16.5. The maximum atomic E-state index is 11.2. The van der Waals surface area contributed by atoms with Crippen LogP contribution in [0.25, 0.3) is 22.5 Å². The molecule has 0 saturated heterocycles. The maximum absolute atomic E-state index is 11.2. The molecule has 0 amide bonds. The fourth-order valence-electron chi connectivity index (χ4n) is 3.87. The van der Waals surface area contributed by atoms with Crippen LogP contribution < -0.4 is 0 Å². The van der Waals surface area contributed by atoms with Gasteiger partial charge in [0.25, 0.3) is 0 Å². The van der Waals surface area contributed by atoms with Crippen molar-refractivity contribution < 1.29 is 9.53 Å². The van der Waals surface area contributed by atoms with Crippen molar-refractivity contribution in [2.24, 2.45) is 0 Å². The summed E-state index contributed by atoms with van der Waals surface area (Å²) in [5.74, 6) is 1.03. The number of hydrogen-bond acceptors (Lipinski definition) is 3. The first-order valence-electron chi connectivity index (χ1n) is 11.0. The summed E-state index contributed by atoms with van der Waals surface area (Å²) < 4.78 is 7.11. The minimum absolute atomic E-state index is 0.109. The lowest BCUT2D eigenvalue weighted by Crippen LogP contribution is -2.05. The summed E-state index contributed by atoms with van der Waals surface area (Å²) in [5, 5.41) is 0. The Kier molecular flexibility index (Phi) is 8.25. The van der Waals surface area contributed by atoms with Crippen LogP contribution >= 0.6 is 0 Å². The second-order valence-corrected chi connectivity index (χ2v) is 7.56. The van der Waals surface area contributed by atoms with Crippen molar-refractivity contribution in [3.05, 3.63) is 66.5 Å². The van der Waals surface area contributed by atoms with Gasteiger partial charge in [-0.05, 0) is 12.8 Å². The Balaban J connectivity index is 1.75. The van der Waals surface area contributed by atoms with Crippen molar-refractivity contribution in [3.63, 3.8) is 0 Å². The van der Waals surface area contributed by atoms with E-state index in [1.807, 2.05) is 6.07 Å². The van der Waals surface area contributed by atoms with Gasteiger partial charge in [0.15, 0.2) is 0 Å². The second kappa shape index (κ2) is 11.3. The molecule has 2 aromatic carbocycles. The highest BCUT2D eigenvalue weighted by Crippen LogP contribution is 2.33. The molecule has 0 unspecified atom stereocenters. The highest BCUT2D eigenvalue weighted by molar-refractivity contribution is 5.79. The Morgan fingerprint density at radius 3 is 2.10 bits per heavy atom. The summed E-state index contributed by atoms with van der Waals surface area (Å²) in [6, 6.07) is 21.1. The third-order valence-electron chi connectivity index (χ3n) is 5.45. The number of carbonyl (C=O) groups is 1. The molecule has 4 heteroatoms. The predicted molar refractivity (Wildman–Crippen MR) is 122 cm³/mol. The number of hydrogen-bond donors (Lipinski definition) is 0. The molecular formula is C26H32N2O2. The van der Waals surface area contributed by atoms with Crippen LogP contribution in [0.4, 0.5) is 0 Å². The van der Waals surface area contributed by atoms with E-state index in [2.05, 4.69) is 66.1 Å². The number of ether oxygens (including phenoxy) is 1. The quantitative estimate of drug-likeness (QED) is 0.278. The van der Waals surface area contributed by atoms with Gasteiger partial charge in [0.2, 0.25) is 0 Å². The molecule has 0 fully saturated rings. The Labute approximate surface area is 179 Å². The van der Waals surface area contributed by atoms with Gasteiger partial charge in [0, 0.05) is 30.5 Å². The van der Waals surface area contributed by atoms with E-state index in [9.17, 15) is 4.79 Å². The van der Waals surface area contributed by atoms with Gasteiger partial charge >= 0.3 is 5.97 Å². The number of rotatable bonds is 11. The van der Waals surface area contributed by atoms with Crippen molar-refractivity contribution in [2.45, 2.75) is 58.4 Å². The number of unbranched alkanes of at least 4 members (excludes halogenated alkanes) is 4. The first-order chi connectivity index (χ1) is 14.7. The summed E-state index contributed by atoms with van der Waals surface area (Å²) in [6.45, 7) is 3.14. The maximum Gasteiger partial charge on any atom is 0.305 e. The van der Waals surface area contributed by atoms with E-state index in [1.54, 1.807) is 0 Å². The zero-order valence-corrected chi connectivity index (χ0v) is 18.1. The molecule has 1 aromatic heterocycles. The zero-order valence-electron chi connectivity index (χ0n) is 18.1. The zero-order chi connectivity index (χ0) is 21.2. The molecule has 158 valence electrons. The SMILES string of the molecule is CCc1nc(-c2ccccc2)c(-c2ccccc2)n1CCCCCCCC(=O)OC. The van der Waals surface area contributed by atoms with Gasteiger partial charge in [-0.3, -0.25) is 4.79 Å². The molecule has 0 spiro atoms. The van der Waals surface area contributed by atoms with Crippen LogP contribution in [-0.2, 0) is 22.5 Å². The number of aryl methyl sites for hydroxylation is 1. The van der Waals surface area contributed by atoms with Gasteiger partial charge in [-0.1, -0.05) is 86.8 Å². The van der Waals surface area contributed by atoms with Gasteiger partial charge in [-0.25, -0.2) is 4.98 Å². The van der Waals surface area contributed by atoms with Crippen LogP contribution in [-0.4, -0.2) is 22.6 Å². The molecule has 0 saturated carbocycles. The summed E-state index contributed by atoms with van der Waals surface area (Å²) >= 11 is 0. The van der Waals surface area contributed by atoms with Crippen LogP contribution in [0.1, 0.15) is 51.3 Å². The van der Waals surface area contributed by atoms with Gasteiger partial charge in [-0.2, -0.15) is 0 Å². The molecule has 0 aliphatic heterocycles. The minimum Gasteiger partial charge on any atom is -0.469 e. The Morgan fingerprint density at radius 1 is 0.867 bits per heavy atom. The van der Waals surface area contributed by atoms with E-state index in [0.29, 0.717) is 6.42 Å². The molecule has 0 aliphatic carbocycles. The smallest absolute Gasteiger partial charge is 0.305 e. The number of carbonyl (C=O) groups excluding carboxylic acids is 1. The van der Waals surface area contributed by atoms with Gasteiger partial charge in [0.05, 0.1) is 18.5 Å². The van der Waals surface area contributed by atoms with Crippen LogP contribution in [0.3, 0.4) is 0 Å². The average Bonchev–Trinajstić information content (AvgIpc) is 3.18. The monoisotopic (exact) mass is 404 g/mol. The molecule has 0 atom stereocenters. The highest BCUT2D eigenvalue weighted by Gasteiger charge is 2.18. The normalized spacial score (nSPS) is 10.9. The molecule has 1 heterocycles. The molecule has 4 nitrogen and oxygen atoms in total. The van der Waals surface area contributed by atoms with Crippen molar-refractivity contribution in [1.29, 1.82) is 0 Å². The van der Waals surface area contributed by atoms with E-state index in [1.165, 1.54) is 18.4 Å². The number of methoxy groups -OCH3 is 1. The Hall–Kier alpha value is -2.88. The van der Waals surface area contributed by atoms with Gasteiger partial charge in [-0.15, -0.1) is 0 Å². The molecule has 0 bridgehead atoms. The van der Waals surface area contributed by atoms with Crippen molar-refractivity contribution in [3.8, 4) is 22.5 Å². The standard InChI is InChI=1S/C26H32N2O2/c1-3-23-27-25(21-15-9-7-10-16-21)26(22-17-11-8-12-18-22)28(23)20-14-6-4-5-13-19-24(29)30-2/h7-12,15-18H,3-6,13-14,19-20H2,1-2H3. The van der Waals surface area contributed by atoms with E-state index < -0.39 is 0 Å². The third-order valence-corrected chi connectivity index (χ3v) is 5.45. The largest absolute Gasteiger partial charge is 0.469 e. The molecular weight excluding hydrogens is 372 g/mol. The predicted octanol–water partition coefficient (Wildman–Crippen LogP) is 6.29. The van der Waals surface area contributed by atoms with Gasteiger partial charge < -0.3 is 9.30 Å². The number of aromatic nitrogens is 2. The van der Waals surface area contributed by atoms with E-state index in [-0.39, 0.29) is 5.97 Å². The lowest BCUT2D eigenvalue weighted by Gasteiger charge is -2.13. The Bertz CT molecular complexity index is 917. The van der Waals surface area contributed by atoms with Crippen molar-refractivity contribution in [1.82, 2.24) is 9.55 Å². The molecule has 3 aromatic rings. The van der Waals surface area contributed by atoms with Crippen LogP contribution in [0.15, 0.2) is 60.7 Å². The van der Waals surface area contributed by atoms with Crippen molar-refractivity contribution in [2.75, 3.05) is 7.11 Å². The Morgan fingerprint density at radius 2 is 1.47 bits per heavy atom. The number of nitrogens with zero attached hydrogens (tertiary/aromatic N) is 2. The number of imidazole rings is 1. The van der Waals surface area contributed by atoms with Gasteiger partial charge in [0.1, 0.15) is 5.82 Å². The lowest BCUT2D eigenvalue weighted by molar-refractivity contribution is -0.140. The fraction of sp³-hybridized carbons (Fsp3) is 0.385. The molecule has 30 heavy (non-hydrogen) atoms. The van der Waals surface area contributed by atoms with E-state index in [0.717, 1.165) is 62.2 Å². The summed E-state index contributed by atoms with van der Waals surface area (Å²) in [6.07, 6.45) is 6.81. The van der Waals surface area contributed by atoms with Crippen LogP contribution in [0.5, 0.6) is 0 Å². The fourth-order valence-corrected chi connectivity index (χ4v) is 3.87. The molecule has 3 rings (SSSR count). The average molecular weight is 405 g/mol. The van der Waals surface area contributed by atoms with E-state index in [4.69, 9.17) is 9.72 Å². The molecule has 0 N–H and O–H groups in total. The molecule has 0 radical (unpaired) electrons. The first-order valence-corrected chi connectivity index (χ1v) is 11.0. The van der Waals surface area contributed by atoms with Crippen LogP contribution in [0.2, 0.25) is 0 Å². The number of esters is 1. The summed E-state index contributed by atoms with van der Waals surface area (Å²) in [4.78, 5) is 16.3. The summed E-state index contributed by atoms with van der Waals surface area (Å²) in [5.41, 5.74) is 4.65. The van der Waals surface area contributed by atoms with Crippen molar-refractivity contribution >= 4 is 5.97 Å². The van der Waals surface area contributed by atoms with E-state index >= 15 is 0 Å². The third kappa shape index (κ3) is 5.59. The second-order valence-electron chi connectivity index (χ2n) is 7.56. The first kappa shape index (κ1) is 21.8. The number of benzene rings is 2. The lowest BCUT2D eigenvalue weighted by atomic mass is 10.0.